The molecule has 0 unspecified atom stereocenters. The minimum atomic E-state index is 0.307. The molecule has 0 radical (unpaired) electrons. The Morgan fingerprint density at radius 2 is 1.56 bits per heavy atom. The van der Waals surface area contributed by atoms with Gasteiger partial charge in [-0.1, -0.05) is 18.2 Å². The quantitative estimate of drug-likeness (QED) is 0.504. The van der Waals surface area contributed by atoms with E-state index in [4.69, 9.17) is 15.7 Å². The average molecular weight is 429 g/mol. The van der Waals surface area contributed by atoms with Crippen molar-refractivity contribution in [1.82, 2.24) is 29.5 Å². The number of benzene rings is 1. The van der Waals surface area contributed by atoms with Crippen molar-refractivity contribution in [3.05, 3.63) is 55.2 Å². The highest BCUT2D eigenvalue weighted by Crippen LogP contribution is 2.31. The number of aromatic nitrogens is 6. The second kappa shape index (κ2) is 8.55. The summed E-state index contributed by atoms with van der Waals surface area (Å²) < 4.78 is 3.60. The molecule has 3 N–H and O–H groups in total. The molecule has 0 atom stereocenters. The molecule has 3 aromatic heterocycles. The number of nitrogens with one attached hydrogen (secondary N) is 1. The van der Waals surface area contributed by atoms with Crippen LogP contribution in [0.5, 0.6) is 0 Å². The number of nitrogens with two attached hydrogens (primary N) is 1. The van der Waals surface area contributed by atoms with Crippen LogP contribution in [0, 0.1) is 0 Å². The lowest BCUT2D eigenvalue weighted by Gasteiger charge is -2.28. The van der Waals surface area contributed by atoms with Crippen molar-refractivity contribution in [2.75, 3.05) is 5.32 Å². The SMILES string of the molecule is Cn1cc(-c2cccc(-c3ncc(-c4cnn(C)c4)c(N[C@H]4CC[C@@H](N)CC4)n3)c2)cn1. The van der Waals surface area contributed by atoms with Gasteiger partial charge in [0.2, 0.25) is 0 Å². The van der Waals surface area contributed by atoms with Gasteiger partial charge in [0, 0.05) is 67.0 Å². The van der Waals surface area contributed by atoms with Gasteiger partial charge in [-0.3, -0.25) is 9.36 Å². The summed E-state index contributed by atoms with van der Waals surface area (Å²) in [6.07, 6.45) is 13.8. The van der Waals surface area contributed by atoms with Crippen LogP contribution in [0.2, 0.25) is 0 Å². The maximum absolute atomic E-state index is 6.11. The van der Waals surface area contributed by atoms with Crippen molar-refractivity contribution in [3.63, 3.8) is 0 Å². The highest BCUT2D eigenvalue weighted by molar-refractivity contribution is 5.76. The van der Waals surface area contributed by atoms with Crippen molar-refractivity contribution in [1.29, 1.82) is 0 Å². The summed E-state index contributed by atoms with van der Waals surface area (Å²) in [7, 11) is 3.84. The van der Waals surface area contributed by atoms with Gasteiger partial charge in [-0.05, 0) is 37.3 Å². The molecule has 4 aromatic rings. The summed E-state index contributed by atoms with van der Waals surface area (Å²) in [4.78, 5) is 9.68. The summed E-state index contributed by atoms with van der Waals surface area (Å²) in [5.41, 5.74) is 11.2. The van der Waals surface area contributed by atoms with Crippen molar-refractivity contribution in [2.45, 2.75) is 37.8 Å². The largest absolute Gasteiger partial charge is 0.367 e. The van der Waals surface area contributed by atoms with Crippen LogP contribution in [-0.2, 0) is 14.1 Å². The van der Waals surface area contributed by atoms with Crippen LogP contribution in [0.1, 0.15) is 25.7 Å². The van der Waals surface area contributed by atoms with Gasteiger partial charge in [0.1, 0.15) is 5.82 Å². The van der Waals surface area contributed by atoms with Crippen LogP contribution in [0.4, 0.5) is 5.82 Å². The van der Waals surface area contributed by atoms with Crippen LogP contribution in [0.3, 0.4) is 0 Å². The Balaban J connectivity index is 1.51. The maximum atomic E-state index is 6.11. The first-order valence-electron chi connectivity index (χ1n) is 11.0. The van der Waals surface area contributed by atoms with E-state index in [-0.39, 0.29) is 0 Å². The van der Waals surface area contributed by atoms with E-state index in [0.29, 0.717) is 17.9 Å². The second-order valence-corrected chi connectivity index (χ2v) is 8.60. The summed E-state index contributed by atoms with van der Waals surface area (Å²) in [6.45, 7) is 0. The van der Waals surface area contributed by atoms with Gasteiger partial charge >= 0.3 is 0 Å². The summed E-state index contributed by atoms with van der Waals surface area (Å²) in [5.74, 6) is 1.54. The molecular formula is C24H28N8. The minimum Gasteiger partial charge on any atom is -0.367 e. The molecule has 1 aliphatic carbocycles. The minimum absolute atomic E-state index is 0.307. The standard InChI is InChI=1S/C24H28N8/c1-31-14-18(11-27-31)16-4-3-5-17(10-16)23-26-13-22(19-12-28-32(2)15-19)24(30-23)29-21-8-6-20(25)7-9-21/h3-5,10-15,20-21H,6-9,25H2,1-2H3,(H,26,29,30)/t20-,21+. The van der Waals surface area contributed by atoms with Crippen LogP contribution < -0.4 is 11.1 Å². The first kappa shape index (κ1) is 20.4. The number of anilines is 1. The zero-order valence-corrected chi connectivity index (χ0v) is 18.4. The topological polar surface area (TPSA) is 99.5 Å². The Morgan fingerprint density at radius 3 is 2.25 bits per heavy atom. The fraction of sp³-hybridized carbons (Fsp3) is 0.333. The lowest BCUT2D eigenvalue weighted by Crippen LogP contribution is -2.33. The van der Waals surface area contributed by atoms with Gasteiger partial charge in [0.25, 0.3) is 0 Å². The lowest BCUT2D eigenvalue weighted by molar-refractivity contribution is 0.410. The van der Waals surface area contributed by atoms with Gasteiger partial charge in [-0.25, -0.2) is 9.97 Å². The molecule has 0 spiro atoms. The molecule has 8 nitrogen and oxygen atoms in total. The van der Waals surface area contributed by atoms with Gasteiger partial charge in [-0.2, -0.15) is 10.2 Å². The third kappa shape index (κ3) is 4.27. The number of hydrogen-bond donors (Lipinski definition) is 2. The number of nitrogens with zero attached hydrogens (tertiary/aromatic N) is 6. The third-order valence-electron chi connectivity index (χ3n) is 6.08. The van der Waals surface area contributed by atoms with Gasteiger partial charge in [0.15, 0.2) is 5.82 Å². The van der Waals surface area contributed by atoms with Crippen molar-refractivity contribution in [3.8, 4) is 33.6 Å². The van der Waals surface area contributed by atoms with E-state index in [2.05, 4.69) is 27.6 Å². The fourth-order valence-electron chi connectivity index (χ4n) is 4.27. The monoisotopic (exact) mass is 428 g/mol. The van der Waals surface area contributed by atoms with Crippen LogP contribution in [0.15, 0.2) is 55.2 Å². The van der Waals surface area contributed by atoms with E-state index in [1.165, 1.54) is 0 Å². The predicted octanol–water partition coefficient (Wildman–Crippen LogP) is 3.63. The maximum Gasteiger partial charge on any atom is 0.161 e. The van der Waals surface area contributed by atoms with E-state index in [1.807, 2.05) is 57.2 Å². The Bertz CT molecular complexity index is 1220. The lowest BCUT2D eigenvalue weighted by atomic mass is 9.91. The summed E-state index contributed by atoms with van der Waals surface area (Å²) in [5, 5.41) is 12.3. The van der Waals surface area contributed by atoms with E-state index in [9.17, 15) is 0 Å². The predicted molar refractivity (Wildman–Crippen MR) is 126 cm³/mol. The average Bonchev–Trinajstić information content (AvgIpc) is 3.44. The van der Waals surface area contributed by atoms with E-state index in [1.54, 1.807) is 9.36 Å². The number of hydrogen-bond acceptors (Lipinski definition) is 6. The molecular weight excluding hydrogens is 400 g/mol. The molecule has 5 rings (SSSR count). The first-order chi connectivity index (χ1) is 15.5. The Hall–Kier alpha value is -3.52. The summed E-state index contributed by atoms with van der Waals surface area (Å²) >= 11 is 0. The first-order valence-corrected chi connectivity index (χ1v) is 11.0. The highest BCUT2D eigenvalue weighted by Gasteiger charge is 2.21. The fourth-order valence-corrected chi connectivity index (χ4v) is 4.27. The molecule has 0 amide bonds. The Labute approximate surface area is 187 Å². The second-order valence-electron chi connectivity index (χ2n) is 8.60. The van der Waals surface area contributed by atoms with E-state index >= 15 is 0 Å². The smallest absolute Gasteiger partial charge is 0.161 e. The van der Waals surface area contributed by atoms with Gasteiger partial charge in [-0.15, -0.1) is 0 Å². The van der Waals surface area contributed by atoms with Gasteiger partial charge < -0.3 is 11.1 Å². The molecule has 0 saturated heterocycles. The van der Waals surface area contributed by atoms with Crippen LogP contribution in [-0.4, -0.2) is 41.6 Å². The van der Waals surface area contributed by atoms with Gasteiger partial charge in [0.05, 0.1) is 12.4 Å². The van der Waals surface area contributed by atoms with Crippen LogP contribution >= 0.6 is 0 Å². The Kier molecular flexibility index (Phi) is 5.45. The zero-order valence-electron chi connectivity index (χ0n) is 18.4. The van der Waals surface area contributed by atoms with Crippen molar-refractivity contribution >= 4 is 5.82 Å². The normalized spacial score (nSPS) is 18.6. The molecule has 0 aliphatic heterocycles. The van der Waals surface area contributed by atoms with E-state index in [0.717, 1.165) is 59.3 Å². The number of aryl methyl sites for hydroxylation is 2. The Morgan fingerprint density at radius 1 is 0.875 bits per heavy atom. The zero-order chi connectivity index (χ0) is 22.1. The van der Waals surface area contributed by atoms with Crippen molar-refractivity contribution in [2.24, 2.45) is 19.8 Å². The molecule has 1 fully saturated rings. The highest BCUT2D eigenvalue weighted by atomic mass is 15.2. The molecule has 0 bridgehead atoms. The van der Waals surface area contributed by atoms with Crippen molar-refractivity contribution < 1.29 is 0 Å². The molecule has 1 aromatic carbocycles. The summed E-state index contributed by atoms with van der Waals surface area (Å²) in [6, 6.07) is 8.93. The molecule has 1 aliphatic rings. The molecule has 8 heteroatoms. The molecule has 1 saturated carbocycles. The molecule has 32 heavy (non-hydrogen) atoms. The third-order valence-corrected chi connectivity index (χ3v) is 6.08. The molecule has 164 valence electrons. The molecule has 3 heterocycles. The number of rotatable bonds is 5. The van der Waals surface area contributed by atoms with Crippen LogP contribution in [0.25, 0.3) is 33.6 Å². The van der Waals surface area contributed by atoms with E-state index < -0.39 is 0 Å².